The van der Waals surface area contributed by atoms with E-state index in [4.69, 9.17) is 9.47 Å². The number of amides is 1. The van der Waals surface area contributed by atoms with E-state index in [1.807, 2.05) is 31.5 Å². The van der Waals surface area contributed by atoms with E-state index >= 15 is 0 Å². The van der Waals surface area contributed by atoms with Crippen molar-refractivity contribution in [1.29, 1.82) is 0 Å². The number of hydrogen-bond donors (Lipinski definition) is 2. The Balaban J connectivity index is 1.25. The number of hydrogen-bond acceptors (Lipinski definition) is 8. The SMILES string of the molecule is CNC(=O)c1ccnc(Nc2cc3cc(-c4cc(C)ncc4O[C@H]4C[C@H]5COC[C@@H](C4)N5C)ccn3n2)c1. The lowest BCUT2D eigenvalue weighted by atomic mass is 9.92. The smallest absolute Gasteiger partial charge is 0.251 e. The predicted molar refractivity (Wildman–Crippen MR) is 144 cm³/mol. The summed E-state index contributed by atoms with van der Waals surface area (Å²) in [6.07, 6.45) is 7.37. The summed E-state index contributed by atoms with van der Waals surface area (Å²) < 4.78 is 14.2. The summed E-state index contributed by atoms with van der Waals surface area (Å²) in [6.45, 7) is 3.50. The Bertz CT molecular complexity index is 1470. The Morgan fingerprint density at radius 1 is 1.08 bits per heavy atom. The predicted octanol–water partition coefficient (Wildman–Crippen LogP) is 3.44. The fourth-order valence-corrected chi connectivity index (χ4v) is 5.33. The van der Waals surface area contributed by atoms with Crippen molar-refractivity contribution in [2.24, 2.45) is 0 Å². The molecule has 0 radical (unpaired) electrons. The average Bonchev–Trinajstić information content (AvgIpc) is 3.31. The Kier molecular flexibility index (Phi) is 6.42. The number of fused-ring (bicyclic) bond motifs is 3. The summed E-state index contributed by atoms with van der Waals surface area (Å²) in [5, 5.41) is 10.4. The molecular formula is C28H31N7O3. The van der Waals surface area contributed by atoms with Crippen LogP contribution in [0.1, 0.15) is 28.9 Å². The summed E-state index contributed by atoms with van der Waals surface area (Å²) in [5.41, 5.74) is 4.41. The third-order valence-electron chi connectivity index (χ3n) is 7.42. The minimum absolute atomic E-state index is 0.126. The van der Waals surface area contributed by atoms with Gasteiger partial charge in [0.2, 0.25) is 0 Å². The minimum atomic E-state index is -0.169. The van der Waals surface area contributed by atoms with Crippen LogP contribution in [0.25, 0.3) is 16.6 Å². The molecule has 2 aliphatic rings. The molecule has 0 aromatic carbocycles. The van der Waals surface area contributed by atoms with Crippen molar-refractivity contribution in [1.82, 2.24) is 29.8 Å². The quantitative estimate of drug-likeness (QED) is 0.404. The Labute approximate surface area is 221 Å². The molecule has 4 aromatic heterocycles. The van der Waals surface area contributed by atoms with Crippen LogP contribution in [-0.2, 0) is 4.74 Å². The number of nitrogens with one attached hydrogen (secondary N) is 2. The minimum Gasteiger partial charge on any atom is -0.488 e. The number of likely N-dealkylation sites (N-methyl/N-ethyl adjacent to an activating group) is 1. The standard InChI is InChI=1S/C28H31N7O3/c1-17-8-24(25(14-31-17)38-23-11-21-15-37-16-22(12-23)34(21)3)18-5-7-35-20(9-18)13-27(33-35)32-26-10-19(4-6-30-26)28(36)29-2/h4-10,13-14,21-23H,11-12,15-16H2,1-3H3,(H,29,36)(H,30,32,33)/t21-,22+,23-. The number of aromatic nitrogens is 4. The number of carbonyl (C=O) groups excluding carboxylic acids is 1. The highest BCUT2D eigenvalue weighted by Crippen LogP contribution is 2.35. The van der Waals surface area contributed by atoms with Gasteiger partial charge in [-0.05, 0) is 49.9 Å². The fourth-order valence-electron chi connectivity index (χ4n) is 5.33. The molecule has 4 aromatic rings. The number of morpholine rings is 1. The molecule has 2 N–H and O–H groups in total. The van der Waals surface area contributed by atoms with Crippen molar-refractivity contribution in [2.45, 2.75) is 38.0 Å². The summed E-state index contributed by atoms with van der Waals surface area (Å²) in [4.78, 5) is 23.2. The van der Waals surface area contributed by atoms with E-state index in [0.717, 1.165) is 54.1 Å². The van der Waals surface area contributed by atoms with Gasteiger partial charge in [0.25, 0.3) is 5.91 Å². The maximum atomic E-state index is 12.0. The molecule has 0 unspecified atom stereocenters. The van der Waals surface area contributed by atoms with E-state index in [0.29, 0.717) is 29.3 Å². The maximum absolute atomic E-state index is 12.0. The molecule has 10 heteroatoms. The van der Waals surface area contributed by atoms with Crippen LogP contribution < -0.4 is 15.4 Å². The number of ether oxygens (including phenoxy) is 2. The zero-order chi connectivity index (χ0) is 26.2. The summed E-state index contributed by atoms with van der Waals surface area (Å²) >= 11 is 0. The third-order valence-corrected chi connectivity index (χ3v) is 7.42. The molecule has 2 saturated heterocycles. The van der Waals surface area contributed by atoms with E-state index in [2.05, 4.69) is 49.8 Å². The molecule has 38 heavy (non-hydrogen) atoms. The number of aryl methyl sites for hydroxylation is 1. The van der Waals surface area contributed by atoms with Gasteiger partial charge in [-0.15, -0.1) is 0 Å². The molecule has 2 aliphatic heterocycles. The van der Waals surface area contributed by atoms with Gasteiger partial charge in [0.05, 0.1) is 24.9 Å². The first-order valence-corrected chi connectivity index (χ1v) is 12.8. The van der Waals surface area contributed by atoms with Gasteiger partial charge in [-0.2, -0.15) is 5.10 Å². The van der Waals surface area contributed by atoms with Crippen molar-refractivity contribution < 1.29 is 14.3 Å². The number of pyridine rings is 3. The lowest BCUT2D eigenvalue weighted by Crippen LogP contribution is -2.57. The zero-order valence-corrected chi connectivity index (χ0v) is 21.7. The van der Waals surface area contributed by atoms with Crippen LogP contribution in [-0.4, -0.2) is 75.9 Å². The second-order valence-electron chi connectivity index (χ2n) is 9.99. The van der Waals surface area contributed by atoms with Crippen molar-refractivity contribution >= 4 is 23.1 Å². The Morgan fingerprint density at radius 3 is 2.68 bits per heavy atom. The summed E-state index contributed by atoms with van der Waals surface area (Å²) in [6, 6.07) is 12.3. The molecule has 1 amide bonds. The van der Waals surface area contributed by atoms with E-state index in [9.17, 15) is 4.79 Å². The molecule has 0 saturated carbocycles. The lowest BCUT2D eigenvalue weighted by Gasteiger charge is -2.46. The fraction of sp³-hybridized carbons (Fsp3) is 0.357. The molecule has 2 bridgehead atoms. The first-order valence-electron chi connectivity index (χ1n) is 12.8. The second-order valence-corrected chi connectivity index (χ2v) is 9.99. The van der Waals surface area contributed by atoms with Crippen LogP contribution in [0.15, 0.2) is 55.0 Å². The highest BCUT2D eigenvalue weighted by Gasteiger charge is 2.38. The van der Waals surface area contributed by atoms with Crippen molar-refractivity contribution in [2.75, 3.05) is 32.6 Å². The number of piperidine rings is 1. The first-order chi connectivity index (χ1) is 18.5. The number of carbonyl (C=O) groups is 1. The van der Waals surface area contributed by atoms with Gasteiger partial charge in [-0.25, -0.2) is 9.50 Å². The largest absolute Gasteiger partial charge is 0.488 e. The second kappa shape index (κ2) is 10.0. The molecule has 196 valence electrons. The van der Waals surface area contributed by atoms with E-state index in [1.54, 1.807) is 29.9 Å². The molecule has 6 heterocycles. The highest BCUT2D eigenvalue weighted by atomic mass is 16.5. The van der Waals surface area contributed by atoms with Crippen LogP contribution in [0, 0.1) is 6.92 Å². The molecular weight excluding hydrogens is 482 g/mol. The van der Waals surface area contributed by atoms with Crippen LogP contribution in [0.5, 0.6) is 5.75 Å². The van der Waals surface area contributed by atoms with Gasteiger partial charge >= 0.3 is 0 Å². The maximum Gasteiger partial charge on any atom is 0.251 e. The van der Waals surface area contributed by atoms with Gasteiger partial charge < -0.3 is 20.1 Å². The molecule has 2 fully saturated rings. The Hall–Kier alpha value is -4.02. The molecule has 0 aliphatic carbocycles. The van der Waals surface area contributed by atoms with E-state index in [-0.39, 0.29) is 12.0 Å². The van der Waals surface area contributed by atoms with E-state index < -0.39 is 0 Å². The average molecular weight is 514 g/mol. The molecule has 0 spiro atoms. The third kappa shape index (κ3) is 4.80. The van der Waals surface area contributed by atoms with Gasteiger partial charge in [-0.1, -0.05) is 0 Å². The molecule has 10 nitrogen and oxygen atoms in total. The summed E-state index contributed by atoms with van der Waals surface area (Å²) in [7, 11) is 3.79. The summed E-state index contributed by atoms with van der Waals surface area (Å²) in [5.74, 6) is 1.80. The van der Waals surface area contributed by atoms with Crippen molar-refractivity contribution in [3.63, 3.8) is 0 Å². The molecule has 3 atom stereocenters. The van der Waals surface area contributed by atoms with Crippen molar-refractivity contribution in [3.8, 4) is 16.9 Å². The van der Waals surface area contributed by atoms with Crippen molar-refractivity contribution in [3.05, 3.63) is 66.2 Å². The zero-order valence-electron chi connectivity index (χ0n) is 21.7. The van der Waals surface area contributed by atoms with Crippen LogP contribution >= 0.6 is 0 Å². The number of nitrogens with zero attached hydrogens (tertiary/aromatic N) is 5. The van der Waals surface area contributed by atoms with Crippen LogP contribution in [0.3, 0.4) is 0 Å². The lowest BCUT2D eigenvalue weighted by molar-refractivity contribution is -0.0879. The number of rotatable bonds is 6. The van der Waals surface area contributed by atoms with Gasteiger partial charge in [-0.3, -0.25) is 14.7 Å². The van der Waals surface area contributed by atoms with E-state index in [1.165, 1.54) is 0 Å². The van der Waals surface area contributed by atoms with Gasteiger partial charge in [0.15, 0.2) is 5.82 Å². The van der Waals surface area contributed by atoms with Gasteiger partial charge in [0, 0.05) is 67.3 Å². The number of anilines is 2. The van der Waals surface area contributed by atoms with Crippen LogP contribution in [0.4, 0.5) is 11.6 Å². The normalized spacial score (nSPS) is 21.3. The van der Waals surface area contributed by atoms with Crippen LogP contribution in [0.2, 0.25) is 0 Å². The highest BCUT2D eigenvalue weighted by molar-refractivity contribution is 5.94. The first kappa shape index (κ1) is 24.3. The molecule has 6 rings (SSSR count). The topological polar surface area (TPSA) is 106 Å². The van der Waals surface area contributed by atoms with Gasteiger partial charge in [0.1, 0.15) is 17.7 Å². The monoisotopic (exact) mass is 513 g/mol. The Morgan fingerprint density at radius 2 is 1.89 bits per heavy atom.